The molecule has 1 unspecified atom stereocenters. The van der Waals surface area contributed by atoms with Crippen molar-refractivity contribution in [3.63, 3.8) is 0 Å². The third-order valence-corrected chi connectivity index (χ3v) is 5.01. The maximum Gasteiger partial charge on any atom is 0.0534 e. The van der Waals surface area contributed by atoms with E-state index < -0.39 is 8.80 Å². The van der Waals surface area contributed by atoms with Crippen molar-refractivity contribution in [2.24, 2.45) is 0 Å². The Morgan fingerprint density at radius 3 is 2.00 bits per heavy atom. The van der Waals surface area contributed by atoms with Gasteiger partial charge in [0, 0.05) is 10.9 Å². The molecule has 0 N–H and O–H groups in total. The fourth-order valence-corrected chi connectivity index (χ4v) is 1.60. The molecule has 0 aromatic rings. The summed E-state index contributed by atoms with van der Waals surface area (Å²) in [5.41, 5.74) is 0. The Balaban J connectivity index is 3.14. The molecule has 0 radical (unpaired) electrons. The summed E-state index contributed by atoms with van der Waals surface area (Å²) >= 11 is 11.2. The lowest BCUT2D eigenvalue weighted by atomic mass is 10.9. The fourth-order valence-electron chi connectivity index (χ4n) is 0.178. The van der Waals surface area contributed by atoms with E-state index in [1.54, 1.807) is 0 Å². The van der Waals surface area contributed by atoms with Crippen molar-refractivity contribution in [3.8, 4) is 0 Å². The normalized spacial score (nSPS) is 15.0. The third-order valence-electron chi connectivity index (χ3n) is 0.871. The van der Waals surface area contributed by atoms with Crippen LogP contribution in [0.2, 0.25) is 13.1 Å². The molecule has 44 valence electrons. The zero-order chi connectivity index (χ0) is 5.86. The van der Waals surface area contributed by atoms with Crippen LogP contribution in [0.5, 0.6) is 0 Å². The van der Waals surface area contributed by atoms with Gasteiger partial charge in [0.25, 0.3) is 0 Å². The standard InChI is InChI=1S/C4H10Cl2Si/c1-7(2)4(6)3-5/h4,7H,3H2,1-2H3. The summed E-state index contributed by atoms with van der Waals surface area (Å²) in [5.74, 6) is 0.617. The molecule has 3 heteroatoms. The van der Waals surface area contributed by atoms with Gasteiger partial charge in [0.1, 0.15) is 0 Å². The highest BCUT2D eigenvalue weighted by Gasteiger charge is 2.07. The van der Waals surface area contributed by atoms with Crippen molar-refractivity contribution in [2.45, 2.75) is 18.1 Å². The average Bonchev–Trinajstić information content (AvgIpc) is 1.65. The predicted octanol–water partition coefficient (Wildman–Crippen LogP) is 1.86. The highest BCUT2D eigenvalue weighted by molar-refractivity contribution is 6.68. The largest absolute Gasteiger partial charge is 0.126 e. The predicted molar refractivity (Wildman–Crippen MR) is 39.2 cm³/mol. The van der Waals surface area contributed by atoms with Gasteiger partial charge in [-0.2, -0.15) is 0 Å². The molecular formula is C4H10Cl2Si. The lowest BCUT2D eigenvalue weighted by Crippen LogP contribution is -2.19. The Kier molecular flexibility index (Phi) is 4.18. The van der Waals surface area contributed by atoms with Crippen LogP contribution in [0, 0.1) is 0 Å². The Hall–Kier alpha value is 0.797. The Morgan fingerprint density at radius 1 is 1.57 bits per heavy atom. The zero-order valence-electron chi connectivity index (χ0n) is 4.62. The van der Waals surface area contributed by atoms with Gasteiger partial charge in [-0.1, -0.05) is 13.1 Å². The molecular weight excluding hydrogens is 147 g/mol. The van der Waals surface area contributed by atoms with Crippen LogP contribution in [0.1, 0.15) is 0 Å². The van der Waals surface area contributed by atoms with Crippen LogP contribution >= 0.6 is 23.2 Å². The van der Waals surface area contributed by atoms with Crippen molar-refractivity contribution < 1.29 is 0 Å². The Morgan fingerprint density at radius 2 is 2.00 bits per heavy atom. The summed E-state index contributed by atoms with van der Waals surface area (Å²) in [6.07, 6.45) is 0. The molecule has 0 aromatic carbocycles. The maximum atomic E-state index is 5.73. The lowest BCUT2D eigenvalue weighted by molar-refractivity contribution is 1.34. The van der Waals surface area contributed by atoms with Crippen molar-refractivity contribution in [1.29, 1.82) is 0 Å². The molecule has 0 nitrogen and oxygen atoms in total. The van der Waals surface area contributed by atoms with Crippen LogP contribution in [-0.2, 0) is 0 Å². The van der Waals surface area contributed by atoms with Gasteiger partial charge in [-0.3, -0.25) is 0 Å². The molecule has 0 aromatic heterocycles. The minimum atomic E-state index is -0.631. The molecule has 7 heavy (non-hydrogen) atoms. The van der Waals surface area contributed by atoms with Crippen LogP contribution in [0.15, 0.2) is 0 Å². The first-order chi connectivity index (χ1) is 3.18. The summed E-state index contributed by atoms with van der Waals surface area (Å²) < 4.78 is 0. The van der Waals surface area contributed by atoms with Gasteiger partial charge in [0.05, 0.1) is 8.80 Å². The molecule has 0 rings (SSSR count). The van der Waals surface area contributed by atoms with Crippen molar-refractivity contribution in [3.05, 3.63) is 0 Å². The minimum absolute atomic E-state index is 0.279. The summed E-state index contributed by atoms with van der Waals surface area (Å²) in [6, 6.07) is 0. The lowest BCUT2D eigenvalue weighted by Gasteiger charge is -2.04. The van der Waals surface area contributed by atoms with E-state index in [9.17, 15) is 0 Å². The monoisotopic (exact) mass is 156 g/mol. The summed E-state index contributed by atoms with van der Waals surface area (Å²) in [4.78, 5) is 0. The van der Waals surface area contributed by atoms with E-state index in [1.807, 2.05) is 0 Å². The molecule has 0 amide bonds. The van der Waals surface area contributed by atoms with E-state index >= 15 is 0 Å². The number of hydrogen-bond donors (Lipinski definition) is 0. The molecule has 0 aliphatic carbocycles. The van der Waals surface area contributed by atoms with Crippen LogP contribution in [0.4, 0.5) is 0 Å². The number of halogens is 2. The summed E-state index contributed by atoms with van der Waals surface area (Å²) in [7, 11) is -0.631. The van der Waals surface area contributed by atoms with Gasteiger partial charge in [0.15, 0.2) is 0 Å². The van der Waals surface area contributed by atoms with Gasteiger partial charge < -0.3 is 0 Å². The molecule has 0 aliphatic rings. The second-order valence-electron chi connectivity index (χ2n) is 1.91. The third kappa shape index (κ3) is 3.39. The highest BCUT2D eigenvalue weighted by Crippen LogP contribution is 2.02. The van der Waals surface area contributed by atoms with Crippen LogP contribution in [0.3, 0.4) is 0 Å². The van der Waals surface area contributed by atoms with Gasteiger partial charge in [-0.25, -0.2) is 0 Å². The van der Waals surface area contributed by atoms with E-state index in [4.69, 9.17) is 23.2 Å². The molecule has 0 heterocycles. The van der Waals surface area contributed by atoms with E-state index in [-0.39, 0.29) is 5.00 Å². The quantitative estimate of drug-likeness (QED) is 0.424. The van der Waals surface area contributed by atoms with E-state index in [0.29, 0.717) is 5.88 Å². The smallest absolute Gasteiger partial charge is 0.0534 e. The van der Waals surface area contributed by atoms with Crippen LogP contribution in [-0.4, -0.2) is 19.7 Å². The first-order valence-electron chi connectivity index (χ1n) is 2.38. The fraction of sp³-hybridized carbons (Fsp3) is 1.00. The molecule has 0 spiro atoms. The molecule has 0 saturated heterocycles. The molecule has 0 bridgehead atoms. The zero-order valence-corrected chi connectivity index (χ0v) is 7.28. The van der Waals surface area contributed by atoms with Crippen LogP contribution in [0.25, 0.3) is 0 Å². The van der Waals surface area contributed by atoms with Gasteiger partial charge >= 0.3 is 0 Å². The maximum absolute atomic E-state index is 5.73. The van der Waals surface area contributed by atoms with Crippen LogP contribution < -0.4 is 0 Å². The highest BCUT2D eigenvalue weighted by atomic mass is 35.5. The molecule has 1 atom stereocenters. The Labute approximate surface area is 56.4 Å². The summed E-state index contributed by atoms with van der Waals surface area (Å²) in [5, 5.41) is 0.279. The second-order valence-corrected chi connectivity index (χ2v) is 6.50. The second kappa shape index (κ2) is 3.76. The topological polar surface area (TPSA) is 0 Å². The van der Waals surface area contributed by atoms with Crippen molar-refractivity contribution in [1.82, 2.24) is 0 Å². The van der Waals surface area contributed by atoms with Crippen molar-refractivity contribution in [2.75, 3.05) is 5.88 Å². The van der Waals surface area contributed by atoms with Gasteiger partial charge in [-0.15, -0.1) is 23.2 Å². The molecule has 0 aliphatic heterocycles. The Bertz CT molecular complexity index is 47.0. The number of rotatable bonds is 2. The average molecular weight is 157 g/mol. The van der Waals surface area contributed by atoms with E-state index in [0.717, 1.165) is 0 Å². The summed E-state index contributed by atoms with van der Waals surface area (Å²) in [6.45, 7) is 4.39. The number of hydrogen-bond acceptors (Lipinski definition) is 0. The minimum Gasteiger partial charge on any atom is -0.126 e. The number of alkyl halides is 2. The first kappa shape index (κ1) is 7.80. The van der Waals surface area contributed by atoms with E-state index in [1.165, 1.54) is 0 Å². The first-order valence-corrected chi connectivity index (χ1v) is 6.33. The van der Waals surface area contributed by atoms with Gasteiger partial charge in [-0.05, 0) is 0 Å². The van der Waals surface area contributed by atoms with Gasteiger partial charge in [0.2, 0.25) is 0 Å². The van der Waals surface area contributed by atoms with E-state index in [2.05, 4.69) is 13.1 Å². The van der Waals surface area contributed by atoms with Crippen molar-refractivity contribution >= 4 is 32.0 Å². The SMILES string of the molecule is C[SiH](C)C(Cl)CCl. The molecule has 0 saturated carbocycles. The molecule has 0 fully saturated rings.